The summed E-state index contributed by atoms with van der Waals surface area (Å²) in [4.78, 5) is 22.2. The number of hydrogen-bond acceptors (Lipinski definition) is 3. The summed E-state index contributed by atoms with van der Waals surface area (Å²) in [6, 6.07) is 0. The topological polar surface area (TPSA) is 101 Å². The number of hydrogen-bond donors (Lipinski definition) is 3. The van der Waals surface area contributed by atoms with E-state index in [-0.39, 0.29) is 0 Å². The summed E-state index contributed by atoms with van der Waals surface area (Å²) in [7, 11) is 0. The van der Waals surface area contributed by atoms with Crippen LogP contribution in [0.15, 0.2) is 22.9 Å². The lowest BCUT2D eigenvalue weighted by Crippen LogP contribution is -2.65. The van der Waals surface area contributed by atoms with Crippen molar-refractivity contribution in [3.05, 3.63) is 22.9 Å². The van der Waals surface area contributed by atoms with Crippen molar-refractivity contribution in [2.75, 3.05) is 0 Å². The third-order valence-electron chi connectivity index (χ3n) is 3.66. The van der Waals surface area contributed by atoms with Gasteiger partial charge in [0.1, 0.15) is 0 Å². The maximum Gasteiger partial charge on any atom is 0.459 e. The zero-order valence-corrected chi connectivity index (χ0v) is 11.7. The number of carbonyl (C=O) groups is 2. The molecule has 0 spiro atoms. The van der Waals surface area contributed by atoms with Gasteiger partial charge in [-0.3, -0.25) is 4.79 Å². The van der Waals surface area contributed by atoms with Gasteiger partial charge in [0.15, 0.2) is 5.41 Å². The summed E-state index contributed by atoms with van der Waals surface area (Å²) in [5, 5.41) is 17.8. The smallest absolute Gasteiger partial charge is 0.459 e. The number of nitrogens with two attached hydrogens (primary N) is 1. The van der Waals surface area contributed by atoms with Crippen LogP contribution in [0.2, 0.25) is 0 Å². The lowest BCUT2D eigenvalue weighted by Gasteiger charge is -2.43. The Morgan fingerprint density at radius 3 is 1.92 bits per heavy atom. The molecule has 1 atom stereocenters. The standard InChI is InChI=1S/C12H10F7NO4/c1-4-2-5(7(21)22)3-9(6(4)20,8(23)24)10(13,14)11(15,16)12(17,18)19/h2H,3,20H2,1H3,(H,21,22)(H,23,24). The van der Waals surface area contributed by atoms with E-state index in [2.05, 4.69) is 0 Å². The molecule has 12 heteroatoms. The van der Waals surface area contributed by atoms with Gasteiger partial charge >= 0.3 is 30.0 Å². The third kappa shape index (κ3) is 2.40. The van der Waals surface area contributed by atoms with Crippen LogP contribution in [-0.4, -0.2) is 40.2 Å². The summed E-state index contributed by atoms with van der Waals surface area (Å²) in [6.07, 6.45) is -8.02. The Labute approximate surface area is 129 Å². The summed E-state index contributed by atoms with van der Waals surface area (Å²) >= 11 is 0. The Morgan fingerprint density at radius 2 is 1.58 bits per heavy atom. The summed E-state index contributed by atoms with van der Waals surface area (Å²) in [5.41, 5.74) is -2.39. The molecule has 0 bridgehead atoms. The second kappa shape index (κ2) is 5.38. The summed E-state index contributed by atoms with van der Waals surface area (Å²) < 4.78 is 92.2. The van der Waals surface area contributed by atoms with Crippen LogP contribution in [0.3, 0.4) is 0 Å². The highest BCUT2D eigenvalue weighted by atomic mass is 19.4. The van der Waals surface area contributed by atoms with Gasteiger partial charge < -0.3 is 15.9 Å². The number of carboxylic acid groups (broad SMARTS) is 2. The third-order valence-corrected chi connectivity index (χ3v) is 3.66. The highest BCUT2D eigenvalue weighted by Crippen LogP contribution is 2.59. The van der Waals surface area contributed by atoms with Gasteiger partial charge in [0.05, 0.1) is 0 Å². The van der Waals surface area contributed by atoms with E-state index in [1.54, 1.807) is 0 Å². The number of rotatable bonds is 4. The van der Waals surface area contributed by atoms with Crippen molar-refractivity contribution in [3.8, 4) is 0 Å². The number of halogens is 7. The van der Waals surface area contributed by atoms with E-state index in [1.807, 2.05) is 0 Å². The van der Waals surface area contributed by atoms with Crippen LogP contribution in [0.25, 0.3) is 0 Å². The second-order valence-corrected chi connectivity index (χ2v) is 5.11. The monoisotopic (exact) mass is 365 g/mol. The van der Waals surface area contributed by atoms with Gasteiger partial charge in [-0.25, -0.2) is 4.79 Å². The first-order valence-corrected chi connectivity index (χ1v) is 6.00. The zero-order chi connectivity index (χ0) is 19.3. The molecule has 4 N–H and O–H groups in total. The molecule has 0 radical (unpaired) electrons. The number of alkyl halides is 7. The number of carboxylic acids is 2. The molecule has 0 heterocycles. The molecule has 1 aliphatic rings. The quantitative estimate of drug-likeness (QED) is 0.665. The minimum Gasteiger partial charge on any atom is -0.480 e. The predicted molar refractivity (Wildman–Crippen MR) is 63.2 cm³/mol. The van der Waals surface area contributed by atoms with Gasteiger partial charge in [0, 0.05) is 17.7 Å². The van der Waals surface area contributed by atoms with E-state index in [0.29, 0.717) is 6.08 Å². The van der Waals surface area contributed by atoms with Crippen LogP contribution < -0.4 is 5.73 Å². The zero-order valence-electron chi connectivity index (χ0n) is 11.7. The van der Waals surface area contributed by atoms with Gasteiger partial charge in [-0.05, 0) is 18.6 Å². The molecule has 136 valence electrons. The van der Waals surface area contributed by atoms with Crippen molar-refractivity contribution < 1.29 is 50.5 Å². The molecule has 0 saturated carbocycles. The van der Waals surface area contributed by atoms with Crippen LogP contribution >= 0.6 is 0 Å². The Morgan fingerprint density at radius 1 is 1.12 bits per heavy atom. The molecule has 0 aromatic rings. The van der Waals surface area contributed by atoms with Gasteiger partial charge in [-0.2, -0.15) is 30.7 Å². The average Bonchev–Trinajstić information content (AvgIpc) is 2.39. The fraction of sp³-hybridized carbons (Fsp3) is 0.500. The lowest BCUT2D eigenvalue weighted by atomic mass is 9.67. The molecule has 0 saturated heterocycles. The van der Waals surface area contributed by atoms with Crippen LogP contribution in [0.4, 0.5) is 30.7 Å². The van der Waals surface area contributed by atoms with E-state index in [1.165, 1.54) is 0 Å². The molecular weight excluding hydrogens is 355 g/mol. The van der Waals surface area contributed by atoms with Crippen molar-refractivity contribution in [2.45, 2.75) is 31.4 Å². The first-order valence-electron chi connectivity index (χ1n) is 6.00. The van der Waals surface area contributed by atoms with E-state index < -0.39 is 58.6 Å². The number of allylic oxidation sites excluding steroid dienone is 2. The predicted octanol–water partition coefficient (Wildman–Crippen LogP) is 2.54. The highest BCUT2D eigenvalue weighted by Gasteiger charge is 2.82. The first-order chi connectivity index (χ1) is 10.5. The SMILES string of the molecule is CC1=C(N)C(C(=O)O)(C(F)(F)C(F)(F)C(F)(F)F)CC(C(=O)O)=C1. The maximum absolute atomic E-state index is 14.2. The first kappa shape index (κ1) is 19.8. The second-order valence-electron chi connectivity index (χ2n) is 5.11. The molecule has 24 heavy (non-hydrogen) atoms. The van der Waals surface area contributed by atoms with Gasteiger partial charge in [-0.1, -0.05) is 0 Å². The Hall–Kier alpha value is -2.27. The molecule has 0 aromatic heterocycles. The molecule has 0 amide bonds. The van der Waals surface area contributed by atoms with Crippen LogP contribution in [0.5, 0.6) is 0 Å². The molecule has 5 nitrogen and oxygen atoms in total. The van der Waals surface area contributed by atoms with Crippen molar-refractivity contribution in [1.29, 1.82) is 0 Å². The van der Waals surface area contributed by atoms with E-state index >= 15 is 0 Å². The average molecular weight is 365 g/mol. The highest BCUT2D eigenvalue weighted by molar-refractivity contribution is 5.92. The minimum absolute atomic E-state index is 0.626. The maximum atomic E-state index is 14.2. The Bertz CT molecular complexity index is 650. The molecule has 0 aliphatic heterocycles. The minimum atomic E-state index is -6.79. The van der Waals surface area contributed by atoms with Crippen molar-refractivity contribution in [2.24, 2.45) is 11.1 Å². The van der Waals surface area contributed by atoms with Crippen LogP contribution in [0, 0.1) is 5.41 Å². The molecule has 1 rings (SSSR count). The Balaban J connectivity index is 3.79. The van der Waals surface area contributed by atoms with E-state index in [0.717, 1.165) is 6.92 Å². The summed E-state index contributed by atoms with van der Waals surface area (Å²) in [5.74, 6) is -17.8. The Kier molecular flexibility index (Phi) is 4.43. The normalized spacial score (nSPS) is 23.1. The van der Waals surface area contributed by atoms with Gasteiger partial charge in [-0.15, -0.1) is 0 Å². The van der Waals surface area contributed by atoms with E-state index in [4.69, 9.17) is 15.9 Å². The van der Waals surface area contributed by atoms with Crippen LogP contribution in [0.1, 0.15) is 13.3 Å². The fourth-order valence-corrected chi connectivity index (χ4v) is 2.30. The van der Waals surface area contributed by atoms with Crippen molar-refractivity contribution in [3.63, 3.8) is 0 Å². The summed E-state index contributed by atoms with van der Waals surface area (Å²) in [6.45, 7) is 0.816. The van der Waals surface area contributed by atoms with Crippen LogP contribution in [-0.2, 0) is 9.59 Å². The van der Waals surface area contributed by atoms with Crippen molar-refractivity contribution >= 4 is 11.9 Å². The van der Waals surface area contributed by atoms with Gasteiger partial charge in [0.2, 0.25) is 0 Å². The molecular formula is C12H10F7NO4. The number of aliphatic carboxylic acids is 2. The van der Waals surface area contributed by atoms with Gasteiger partial charge in [0.25, 0.3) is 0 Å². The van der Waals surface area contributed by atoms with E-state index in [9.17, 15) is 40.3 Å². The molecule has 1 aliphatic carbocycles. The van der Waals surface area contributed by atoms with Crippen molar-refractivity contribution in [1.82, 2.24) is 0 Å². The molecule has 1 unspecified atom stereocenters. The fourth-order valence-electron chi connectivity index (χ4n) is 2.30. The molecule has 0 aromatic carbocycles. The largest absolute Gasteiger partial charge is 0.480 e. The molecule has 0 fully saturated rings. The lowest BCUT2D eigenvalue weighted by molar-refractivity contribution is -0.373.